The molecule has 0 aliphatic heterocycles. The fourth-order valence-corrected chi connectivity index (χ4v) is 1.77. The normalized spacial score (nSPS) is 14.2. The van der Waals surface area contributed by atoms with Crippen molar-refractivity contribution in [2.75, 3.05) is 0 Å². The summed E-state index contributed by atoms with van der Waals surface area (Å²) < 4.78 is 26.2. The fourth-order valence-electron chi connectivity index (χ4n) is 1.77. The summed E-state index contributed by atoms with van der Waals surface area (Å²) in [6, 6.07) is 3.07. The number of unbranched alkanes of at least 4 members (excludes halogenated alkanes) is 1. The molecule has 0 saturated carbocycles. The minimum atomic E-state index is -1.51. The summed E-state index contributed by atoms with van der Waals surface area (Å²) in [5.74, 6) is -2.62. The van der Waals surface area contributed by atoms with E-state index in [1.807, 2.05) is 6.92 Å². The van der Waals surface area contributed by atoms with E-state index in [4.69, 9.17) is 10.8 Å². The number of benzene rings is 1. The maximum absolute atomic E-state index is 13.5. The van der Waals surface area contributed by atoms with Crippen LogP contribution in [-0.2, 0) is 11.2 Å². The van der Waals surface area contributed by atoms with Crippen LogP contribution in [0.3, 0.4) is 0 Å². The van der Waals surface area contributed by atoms with Gasteiger partial charge in [-0.25, -0.2) is 8.78 Å². The monoisotopic (exact) mass is 257 g/mol. The lowest BCUT2D eigenvalue weighted by Crippen LogP contribution is -2.50. The number of aliphatic carboxylic acids is 1. The number of carboxylic acids is 1. The lowest BCUT2D eigenvalue weighted by atomic mass is 9.87. The number of carbonyl (C=O) groups is 1. The molecule has 0 heterocycles. The molecular weight excluding hydrogens is 240 g/mol. The van der Waals surface area contributed by atoms with Gasteiger partial charge in [0.15, 0.2) is 0 Å². The van der Waals surface area contributed by atoms with Gasteiger partial charge in [0.2, 0.25) is 0 Å². The molecular formula is C13H17F2NO2. The second-order valence-electron chi connectivity index (χ2n) is 4.48. The van der Waals surface area contributed by atoms with Crippen molar-refractivity contribution in [3.8, 4) is 0 Å². The summed E-state index contributed by atoms with van der Waals surface area (Å²) >= 11 is 0. The SMILES string of the molecule is CCCC[C@@](N)(Cc1ccc(F)cc1F)C(=O)O. The molecule has 0 saturated heterocycles. The number of rotatable bonds is 6. The average Bonchev–Trinajstić information content (AvgIpc) is 2.30. The minimum absolute atomic E-state index is 0.123. The van der Waals surface area contributed by atoms with Gasteiger partial charge >= 0.3 is 5.97 Å². The fraction of sp³-hybridized carbons (Fsp3) is 0.462. The smallest absolute Gasteiger partial charge is 0.324 e. The van der Waals surface area contributed by atoms with Gasteiger partial charge < -0.3 is 10.8 Å². The average molecular weight is 257 g/mol. The number of carboxylic acid groups (broad SMARTS) is 1. The molecule has 0 spiro atoms. The highest BCUT2D eigenvalue weighted by atomic mass is 19.1. The lowest BCUT2D eigenvalue weighted by molar-refractivity contribution is -0.143. The van der Waals surface area contributed by atoms with Gasteiger partial charge in [-0.05, 0) is 18.1 Å². The van der Waals surface area contributed by atoms with Crippen LogP contribution >= 0.6 is 0 Å². The van der Waals surface area contributed by atoms with Crippen molar-refractivity contribution in [2.45, 2.75) is 38.1 Å². The summed E-state index contributed by atoms with van der Waals surface area (Å²) in [5, 5.41) is 9.14. The highest BCUT2D eigenvalue weighted by Gasteiger charge is 2.34. The van der Waals surface area contributed by atoms with Gasteiger partial charge in [0.05, 0.1) is 0 Å². The quantitative estimate of drug-likeness (QED) is 0.823. The van der Waals surface area contributed by atoms with Crippen molar-refractivity contribution in [3.63, 3.8) is 0 Å². The van der Waals surface area contributed by atoms with E-state index in [-0.39, 0.29) is 18.4 Å². The summed E-state index contributed by atoms with van der Waals surface area (Å²) in [6.07, 6.45) is 1.56. The molecule has 3 nitrogen and oxygen atoms in total. The predicted molar refractivity (Wildman–Crippen MR) is 64.1 cm³/mol. The summed E-state index contributed by atoms with van der Waals surface area (Å²) in [6.45, 7) is 1.92. The summed E-state index contributed by atoms with van der Waals surface area (Å²) in [5.41, 5.74) is 4.42. The number of nitrogens with two attached hydrogens (primary N) is 1. The van der Waals surface area contributed by atoms with Gasteiger partial charge in [0, 0.05) is 12.5 Å². The minimum Gasteiger partial charge on any atom is -0.480 e. The molecule has 18 heavy (non-hydrogen) atoms. The number of halogens is 2. The first-order chi connectivity index (χ1) is 8.39. The van der Waals surface area contributed by atoms with E-state index in [0.29, 0.717) is 6.42 Å². The second-order valence-corrected chi connectivity index (χ2v) is 4.48. The van der Waals surface area contributed by atoms with E-state index in [9.17, 15) is 13.6 Å². The Morgan fingerprint density at radius 3 is 2.61 bits per heavy atom. The zero-order valence-corrected chi connectivity index (χ0v) is 10.2. The van der Waals surface area contributed by atoms with Crippen LogP contribution in [0.15, 0.2) is 18.2 Å². The molecule has 0 aliphatic rings. The zero-order valence-electron chi connectivity index (χ0n) is 10.2. The van der Waals surface area contributed by atoms with Crippen LogP contribution in [0.4, 0.5) is 8.78 Å². The Kier molecular flexibility index (Phi) is 4.78. The number of hydrogen-bond acceptors (Lipinski definition) is 2. The van der Waals surface area contributed by atoms with Crippen molar-refractivity contribution in [1.29, 1.82) is 0 Å². The van der Waals surface area contributed by atoms with Crippen LogP contribution in [-0.4, -0.2) is 16.6 Å². The standard InChI is InChI=1S/C13H17F2NO2/c1-2-3-6-13(16,12(17)18)8-9-4-5-10(14)7-11(9)15/h4-5,7H,2-3,6,8,16H2,1H3,(H,17,18)/t13-/m1/s1. The molecule has 1 aromatic rings. The van der Waals surface area contributed by atoms with Gasteiger partial charge in [0.25, 0.3) is 0 Å². The second kappa shape index (κ2) is 5.91. The number of hydrogen-bond donors (Lipinski definition) is 2. The van der Waals surface area contributed by atoms with E-state index >= 15 is 0 Å². The van der Waals surface area contributed by atoms with Crippen LogP contribution < -0.4 is 5.73 Å². The Morgan fingerprint density at radius 2 is 2.11 bits per heavy atom. The highest BCUT2D eigenvalue weighted by molar-refractivity contribution is 5.78. The Bertz CT molecular complexity index is 437. The third-order valence-corrected chi connectivity index (χ3v) is 2.92. The van der Waals surface area contributed by atoms with E-state index in [2.05, 4.69) is 0 Å². The third kappa shape index (κ3) is 3.50. The van der Waals surface area contributed by atoms with E-state index in [1.165, 1.54) is 6.07 Å². The van der Waals surface area contributed by atoms with E-state index < -0.39 is 23.1 Å². The predicted octanol–water partition coefficient (Wildman–Crippen LogP) is 2.48. The first-order valence-electron chi connectivity index (χ1n) is 5.85. The molecule has 5 heteroatoms. The molecule has 1 rings (SSSR count). The zero-order chi connectivity index (χ0) is 13.8. The molecule has 1 atom stereocenters. The van der Waals surface area contributed by atoms with Crippen molar-refractivity contribution in [2.24, 2.45) is 5.73 Å². The van der Waals surface area contributed by atoms with Gasteiger partial charge in [-0.15, -0.1) is 0 Å². The first-order valence-corrected chi connectivity index (χ1v) is 5.85. The largest absolute Gasteiger partial charge is 0.480 e. The highest BCUT2D eigenvalue weighted by Crippen LogP contribution is 2.20. The molecule has 0 aliphatic carbocycles. The molecule has 0 radical (unpaired) electrons. The van der Waals surface area contributed by atoms with Crippen molar-refractivity contribution in [1.82, 2.24) is 0 Å². The van der Waals surface area contributed by atoms with Crippen LogP contribution in [0.25, 0.3) is 0 Å². The molecule has 0 amide bonds. The van der Waals surface area contributed by atoms with Crippen molar-refractivity contribution in [3.05, 3.63) is 35.4 Å². The molecule has 0 fully saturated rings. The van der Waals surface area contributed by atoms with Gasteiger partial charge in [-0.2, -0.15) is 0 Å². The maximum Gasteiger partial charge on any atom is 0.324 e. The molecule has 1 aromatic carbocycles. The molecule has 3 N–H and O–H groups in total. The van der Waals surface area contributed by atoms with E-state index in [0.717, 1.165) is 18.6 Å². The molecule has 0 bridgehead atoms. The molecule has 100 valence electrons. The molecule has 0 unspecified atom stereocenters. The Hall–Kier alpha value is -1.49. The van der Waals surface area contributed by atoms with Crippen LogP contribution in [0.5, 0.6) is 0 Å². The Balaban J connectivity index is 2.92. The lowest BCUT2D eigenvalue weighted by Gasteiger charge is -2.24. The topological polar surface area (TPSA) is 63.3 Å². The van der Waals surface area contributed by atoms with Crippen LogP contribution in [0, 0.1) is 11.6 Å². The third-order valence-electron chi connectivity index (χ3n) is 2.92. The van der Waals surface area contributed by atoms with Crippen LogP contribution in [0.1, 0.15) is 31.7 Å². The first kappa shape index (κ1) is 14.6. The van der Waals surface area contributed by atoms with E-state index in [1.54, 1.807) is 0 Å². The van der Waals surface area contributed by atoms with Crippen LogP contribution in [0.2, 0.25) is 0 Å². The maximum atomic E-state index is 13.5. The van der Waals surface area contributed by atoms with Crippen molar-refractivity contribution >= 4 is 5.97 Å². The Labute approximate surface area is 105 Å². The van der Waals surface area contributed by atoms with Gasteiger partial charge in [-0.1, -0.05) is 25.8 Å². The Morgan fingerprint density at radius 1 is 1.44 bits per heavy atom. The van der Waals surface area contributed by atoms with Gasteiger partial charge in [0.1, 0.15) is 17.2 Å². The molecule has 0 aromatic heterocycles. The summed E-state index contributed by atoms with van der Waals surface area (Å²) in [7, 11) is 0. The summed E-state index contributed by atoms with van der Waals surface area (Å²) in [4.78, 5) is 11.2. The van der Waals surface area contributed by atoms with Crippen molar-refractivity contribution < 1.29 is 18.7 Å². The van der Waals surface area contributed by atoms with Gasteiger partial charge in [-0.3, -0.25) is 4.79 Å².